The van der Waals surface area contributed by atoms with Crippen molar-refractivity contribution >= 4 is 38.9 Å². The SMILES string of the molecule is CC1(C)c2cc(-c3cc(-n4c5ccccc5c5ccccc54)cc4c3-c3ccccc3C43c4ccccc4-c4ccccc43)ccc2-c2ccc(N(c3ccc(-c4ccccc4)cc3)c3cccc4c3-c3ccccc3C4(C)C)cc21. The van der Waals surface area contributed by atoms with Crippen molar-refractivity contribution in [2.24, 2.45) is 0 Å². The van der Waals surface area contributed by atoms with Gasteiger partial charge in [-0.3, -0.25) is 0 Å². The number of para-hydroxylation sites is 2. The van der Waals surface area contributed by atoms with E-state index < -0.39 is 5.41 Å². The molecule has 382 valence electrons. The molecular weight excluding hydrogens is 977 g/mol. The predicted molar refractivity (Wildman–Crippen MR) is 338 cm³/mol. The Hall–Kier alpha value is -9.76. The van der Waals surface area contributed by atoms with Crippen molar-refractivity contribution in [3.63, 3.8) is 0 Å². The number of aromatic nitrogens is 1. The lowest BCUT2D eigenvalue weighted by Gasteiger charge is -2.31. The molecule has 0 unspecified atom stereocenters. The van der Waals surface area contributed by atoms with Crippen molar-refractivity contribution in [2.45, 2.75) is 43.9 Å². The standard InChI is InChI=1S/C79H56N2/c1-77(2)64-29-14-10-27-61(64)76-68(77)33-20-36-74(76)80(52-40-37-50(38-41-52)49-21-6-5-7-22-49)53-42-44-58-57-43-39-51(45-69(57)78(3,4)70(58)47-53)63-46-54(81-72-34-18-12-25-59(72)60-26-13-19-35-73(60)81)48-71-75(63)62-28-11-17-32-67(62)79(71)65-30-15-8-23-55(65)56-24-9-16-31-66(56)79/h5-48H,1-4H3. The van der Waals surface area contributed by atoms with Crippen LogP contribution in [0.2, 0.25) is 0 Å². The van der Waals surface area contributed by atoms with Gasteiger partial charge in [-0.2, -0.15) is 0 Å². The number of fused-ring (bicyclic) bond motifs is 19. The highest BCUT2D eigenvalue weighted by molar-refractivity contribution is 6.10. The number of hydrogen-bond acceptors (Lipinski definition) is 1. The van der Waals surface area contributed by atoms with Crippen LogP contribution >= 0.6 is 0 Å². The Morgan fingerprint density at radius 2 is 0.753 bits per heavy atom. The minimum absolute atomic E-state index is 0.137. The Balaban J connectivity index is 0.872. The molecule has 17 rings (SSSR count). The first-order chi connectivity index (χ1) is 39.7. The molecule has 81 heavy (non-hydrogen) atoms. The highest BCUT2D eigenvalue weighted by atomic mass is 15.1. The van der Waals surface area contributed by atoms with E-state index >= 15 is 0 Å². The summed E-state index contributed by atoms with van der Waals surface area (Å²) in [5.74, 6) is 0. The fraction of sp³-hybridized carbons (Fsp3) is 0.0886. The summed E-state index contributed by atoms with van der Waals surface area (Å²) in [4.78, 5) is 2.52. The van der Waals surface area contributed by atoms with E-state index in [4.69, 9.17) is 0 Å². The van der Waals surface area contributed by atoms with Crippen LogP contribution in [0.15, 0.2) is 267 Å². The van der Waals surface area contributed by atoms with Crippen molar-refractivity contribution < 1.29 is 0 Å². The lowest BCUT2D eigenvalue weighted by atomic mass is 9.70. The van der Waals surface area contributed by atoms with Gasteiger partial charge in [0.05, 0.1) is 22.1 Å². The largest absolute Gasteiger partial charge is 0.310 e. The summed E-state index contributed by atoms with van der Waals surface area (Å²) in [6, 6.07) is 101. The summed E-state index contributed by atoms with van der Waals surface area (Å²) < 4.78 is 2.52. The van der Waals surface area contributed by atoms with E-state index in [0.717, 1.165) is 17.1 Å². The number of hydrogen-bond donors (Lipinski definition) is 0. The van der Waals surface area contributed by atoms with Crippen LogP contribution in [0, 0.1) is 0 Å². The normalized spacial score (nSPS) is 14.7. The molecule has 0 saturated carbocycles. The summed E-state index contributed by atoms with van der Waals surface area (Å²) in [6.07, 6.45) is 0. The van der Waals surface area contributed by atoms with Crippen molar-refractivity contribution in [3.05, 3.63) is 311 Å². The quantitative estimate of drug-likeness (QED) is 0.161. The summed E-state index contributed by atoms with van der Waals surface area (Å²) in [5.41, 5.74) is 32.1. The maximum Gasteiger partial charge on any atom is 0.0726 e. The second-order valence-electron chi connectivity index (χ2n) is 23.9. The molecule has 0 aliphatic heterocycles. The maximum atomic E-state index is 2.55. The van der Waals surface area contributed by atoms with E-state index in [1.807, 2.05) is 0 Å². The molecule has 12 aromatic carbocycles. The molecule has 1 aromatic heterocycles. The molecule has 4 aliphatic rings. The Kier molecular flexibility index (Phi) is 9.49. The van der Waals surface area contributed by atoms with Crippen LogP contribution in [0.1, 0.15) is 72.2 Å². The summed E-state index contributed by atoms with van der Waals surface area (Å²) in [5, 5.41) is 2.52. The first kappa shape index (κ1) is 46.2. The highest BCUT2D eigenvalue weighted by Crippen LogP contribution is 2.65. The van der Waals surface area contributed by atoms with Crippen molar-refractivity contribution in [1.29, 1.82) is 0 Å². The molecule has 1 spiro atoms. The van der Waals surface area contributed by atoms with Gasteiger partial charge >= 0.3 is 0 Å². The molecule has 0 bridgehead atoms. The van der Waals surface area contributed by atoms with Crippen molar-refractivity contribution in [1.82, 2.24) is 4.57 Å². The number of anilines is 3. The molecule has 0 fully saturated rings. The molecule has 4 aliphatic carbocycles. The van der Waals surface area contributed by atoms with Crippen molar-refractivity contribution in [2.75, 3.05) is 4.90 Å². The van der Waals surface area contributed by atoms with Gasteiger partial charge in [-0.25, -0.2) is 0 Å². The third-order valence-corrected chi connectivity index (χ3v) is 19.2. The number of nitrogens with zero attached hydrogens (tertiary/aromatic N) is 2. The van der Waals surface area contributed by atoms with Crippen LogP contribution < -0.4 is 4.90 Å². The third-order valence-electron chi connectivity index (χ3n) is 19.2. The smallest absolute Gasteiger partial charge is 0.0726 e. The zero-order valence-corrected chi connectivity index (χ0v) is 45.8. The molecule has 0 saturated heterocycles. The van der Waals surface area contributed by atoms with Gasteiger partial charge in [0.1, 0.15) is 0 Å². The zero-order valence-electron chi connectivity index (χ0n) is 45.8. The molecule has 13 aromatic rings. The first-order valence-corrected chi connectivity index (χ1v) is 28.7. The van der Waals surface area contributed by atoms with Crippen LogP contribution in [0.4, 0.5) is 17.1 Å². The molecule has 2 nitrogen and oxygen atoms in total. The van der Waals surface area contributed by atoms with E-state index in [0.29, 0.717) is 0 Å². The van der Waals surface area contributed by atoms with Crippen molar-refractivity contribution in [3.8, 4) is 72.4 Å². The Morgan fingerprint density at radius 1 is 0.284 bits per heavy atom. The average Bonchev–Trinajstić information content (AvgIpc) is 2.73. The molecule has 0 amide bonds. The molecule has 2 heteroatoms. The summed E-state index contributed by atoms with van der Waals surface area (Å²) in [6.45, 7) is 9.64. The van der Waals surface area contributed by atoms with E-state index in [2.05, 4.69) is 304 Å². The van der Waals surface area contributed by atoms with E-state index in [-0.39, 0.29) is 10.8 Å². The van der Waals surface area contributed by atoms with Gasteiger partial charge in [0, 0.05) is 44.2 Å². The summed E-state index contributed by atoms with van der Waals surface area (Å²) in [7, 11) is 0. The Labute approximate surface area is 473 Å². The first-order valence-electron chi connectivity index (χ1n) is 28.7. The molecule has 0 N–H and O–H groups in total. The van der Waals surface area contributed by atoms with Gasteiger partial charge in [-0.1, -0.05) is 234 Å². The van der Waals surface area contributed by atoms with Crippen LogP contribution in [0.3, 0.4) is 0 Å². The topological polar surface area (TPSA) is 8.17 Å². The van der Waals surface area contributed by atoms with Gasteiger partial charge in [0.25, 0.3) is 0 Å². The number of rotatable bonds is 6. The molecule has 0 radical (unpaired) electrons. The highest BCUT2D eigenvalue weighted by Gasteiger charge is 2.52. The van der Waals surface area contributed by atoms with Crippen LogP contribution in [-0.4, -0.2) is 4.57 Å². The third kappa shape index (κ3) is 6.17. The lowest BCUT2D eigenvalue weighted by molar-refractivity contribution is 0.660. The maximum absolute atomic E-state index is 2.55. The number of benzene rings is 12. The Morgan fingerprint density at radius 3 is 1.42 bits per heavy atom. The molecular formula is C79H56N2. The van der Waals surface area contributed by atoms with Crippen LogP contribution in [0.5, 0.6) is 0 Å². The summed E-state index contributed by atoms with van der Waals surface area (Å²) >= 11 is 0. The second kappa shape index (κ2) is 16.6. The average molecular weight is 1030 g/mol. The monoisotopic (exact) mass is 1030 g/mol. The minimum Gasteiger partial charge on any atom is -0.310 e. The second-order valence-corrected chi connectivity index (χ2v) is 23.9. The van der Waals surface area contributed by atoms with Gasteiger partial charge in [0.2, 0.25) is 0 Å². The van der Waals surface area contributed by atoms with Crippen LogP contribution in [0.25, 0.3) is 94.3 Å². The van der Waals surface area contributed by atoms with Gasteiger partial charge in [-0.05, 0) is 166 Å². The van der Waals surface area contributed by atoms with Crippen LogP contribution in [-0.2, 0) is 16.2 Å². The zero-order chi connectivity index (χ0) is 53.9. The lowest BCUT2D eigenvalue weighted by Crippen LogP contribution is -2.26. The van der Waals surface area contributed by atoms with E-state index in [1.54, 1.807) is 0 Å². The van der Waals surface area contributed by atoms with Gasteiger partial charge in [0.15, 0.2) is 0 Å². The Bertz CT molecular complexity index is 4720. The van der Waals surface area contributed by atoms with E-state index in [9.17, 15) is 0 Å². The molecule has 1 heterocycles. The van der Waals surface area contributed by atoms with E-state index in [1.165, 1.54) is 139 Å². The predicted octanol–water partition coefficient (Wildman–Crippen LogP) is 20.5. The van der Waals surface area contributed by atoms with Gasteiger partial charge in [-0.15, -0.1) is 0 Å². The molecule has 0 atom stereocenters. The minimum atomic E-state index is -0.518. The van der Waals surface area contributed by atoms with Gasteiger partial charge < -0.3 is 9.47 Å². The fourth-order valence-electron chi connectivity index (χ4n) is 15.6. The fourth-order valence-corrected chi connectivity index (χ4v) is 15.6.